The van der Waals surface area contributed by atoms with Crippen LogP contribution in [0.15, 0.2) is 36.5 Å². The van der Waals surface area contributed by atoms with Crippen LogP contribution < -0.4 is 14.2 Å². The fraction of sp³-hybridized carbons (Fsp3) is 0.440. The minimum atomic E-state index is -0.801. The smallest absolute Gasteiger partial charge is 0.309 e. The maximum absolute atomic E-state index is 13.1. The van der Waals surface area contributed by atoms with Crippen LogP contribution in [0.4, 0.5) is 4.39 Å². The molecule has 0 aliphatic rings. The molecular weight excluding hydrogens is 445 g/mol. The minimum absolute atomic E-state index is 0.0853. The average Bonchev–Trinajstić information content (AvgIpc) is 2.78. The molecule has 2 rings (SSSR count). The van der Waals surface area contributed by atoms with Crippen LogP contribution in [0.3, 0.4) is 0 Å². The second kappa shape index (κ2) is 12.1. The Morgan fingerprint density at radius 1 is 1.03 bits per heavy atom. The van der Waals surface area contributed by atoms with Crippen molar-refractivity contribution in [3.63, 3.8) is 0 Å². The van der Waals surface area contributed by atoms with Crippen molar-refractivity contribution in [2.45, 2.75) is 53.2 Å². The fourth-order valence-electron chi connectivity index (χ4n) is 3.31. The van der Waals surface area contributed by atoms with E-state index in [-0.39, 0.29) is 35.3 Å². The number of carbonyl (C=O) groups is 3. The molecule has 0 N–H and O–H groups in total. The summed E-state index contributed by atoms with van der Waals surface area (Å²) in [6.45, 7) is 8.27. The van der Waals surface area contributed by atoms with Gasteiger partial charge in [-0.3, -0.25) is 14.4 Å². The highest BCUT2D eigenvalue weighted by molar-refractivity contribution is 5.99. The van der Waals surface area contributed by atoms with Crippen molar-refractivity contribution in [2.75, 3.05) is 7.11 Å². The van der Waals surface area contributed by atoms with Crippen molar-refractivity contribution < 1.29 is 37.7 Å². The number of pyridine rings is 1. The van der Waals surface area contributed by atoms with E-state index in [4.69, 9.17) is 18.9 Å². The van der Waals surface area contributed by atoms with Crippen LogP contribution in [0.25, 0.3) is 0 Å². The van der Waals surface area contributed by atoms with E-state index in [1.807, 2.05) is 13.8 Å². The number of rotatable bonds is 11. The normalized spacial score (nSPS) is 13.5. The third-order valence-corrected chi connectivity index (χ3v) is 5.00. The van der Waals surface area contributed by atoms with Crippen LogP contribution >= 0.6 is 0 Å². The van der Waals surface area contributed by atoms with E-state index in [2.05, 4.69) is 4.98 Å². The van der Waals surface area contributed by atoms with Gasteiger partial charge in [0.05, 0.1) is 13.0 Å². The molecule has 2 aromatic rings. The Balaban J connectivity index is 2.09. The monoisotopic (exact) mass is 475 g/mol. The van der Waals surface area contributed by atoms with E-state index in [1.165, 1.54) is 50.6 Å². The van der Waals surface area contributed by atoms with Gasteiger partial charge >= 0.3 is 11.9 Å². The molecule has 34 heavy (non-hydrogen) atoms. The third kappa shape index (κ3) is 7.26. The molecule has 0 amide bonds. The summed E-state index contributed by atoms with van der Waals surface area (Å²) < 4.78 is 34.9. The molecule has 3 atom stereocenters. The maximum Gasteiger partial charge on any atom is 0.309 e. The Morgan fingerprint density at radius 2 is 1.68 bits per heavy atom. The largest absolute Gasteiger partial charge is 0.493 e. The van der Waals surface area contributed by atoms with Gasteiger partial charge in [0.2, 0.25) is 5.75 Å². The molecule has 184 valence electrons. The maximum atomic E-state index is 13.1. The number of benzene rings is 1. The van der Waals surface area contributed by atoms with E-state index in [0.29, 0.717) is 5.75 Å². The van der Waals surface area contributed by atoms with Gasteiger partial charge in [0.15, 0.2) is 17.2 Å². The number of nitrogens with zero attached hydrogens (tertiary/aromatic N) is 1. The number of hydrogen-bond acceptors (Lipinski definition) is 8. The zero-order chi connectivity index (χ0) is 25.4. The second-order valence-corrected chi connectivity index (χ2v) is 8.24. The molecule has 1 heterocycles. The number of ether oxygens (including phenoxy) is 4. The van der Waals surface area contributed by atoms with Crippen LogP contribution in [-0.4, -0.2) is 42.0 Å². The summed E-state index contributed by atoms with van der Waals surface area (Å²) in [5.41, 5.74) is -0.109. The molecule has 9 heteroatoms. The Hall–Kier alpha value is -3.49. The van der Waals surface area contributed by atoms with Gasteiger partial charge in [0.1, 0.15) is 23.8 Å². The molecule has 0 spiro atoms. The predicted molar refractivity (Wildman–Crippen MR) is 121 cm³/mol. The summed E-state index contributed by atoms with van der Waals surface area (Å²) in [5.74, 6) is -2.46. The number of aromatic nitrogens is 1. The number of halogens is 1. The highest BCUT2D eigenvalue weighted by Gasteiger charge is 2.31. The molecule has 0 aliphatic carbocycles. The van der Waals surface area contributed by atoms with Gasteiger partial charge in [-0.2, -0.15) is 0 Å². The Labute approximate surface area is 198 Å². The first-order valence-corrected chi connectivity index (χ1v) is 10.9. The van der Waals surface area contributed by atoms with Crippen molar-refractivity contribution in [3.05, 3.63) is 48.0 Å². The quantitative estimate of drug-likeness (QED) is 0.348. The summed E-state index contributed by atoms with van der Waals surface area (Å²) >= 11 is 0. The molecule has 0 unspecified atom stereocenters. The summed E-state index contributed by atoms with van der Waals surface area (Å²) in [5, 5.41) is 0. The highest BCUT2D eigenvalue weighted by atomic mass is 19.1. The number of ketones is 1. The Kier molecular flexibility index (Phi) is 9.53. The minimum Gasteiger partial charge on any atom is -0.493 e. The second-order valence-electron chi connectivity index (χ2n) is 8.24. The van der Waals surface area contributed by atoms with Gasteiger partial charge in [0, 0.05) is 25.6 Å². The van der Waals surface area contributed by atoms with Gasteiger partial charge in [0.25, 0.3) is 0 Å². The number of Topliss-reactive ketones (excluding diaryl/α,β-unsaturated/α-hetero) is 1. The van der Waals surface area contributed by atoms with Crippen molar-refractivity contribution in [1.29, 1.82) is 0 Å². The van der Waals surface area contributed by atoms with Crippen LogP contribution in [0.5, 0.6) is 17.2 Å². The molecule has 0 bridgehead atoms. The molecule has 0 aliphatic heterocycles. The van der Waals surface area contributed by atoms with Crippen molar-refractivity contribution in [2.24, 2.45) is 11.8 Å². The molecular formula is C25H30FNO7. The molecule has 0 fully saturated rings. The lowest BCUT2D eigenvalue weighted by Crippen LogP contribution is -2.39. The first-order valence-electron chi connectivity index (χ1n) is 10.9. The molecule has 0 radical (unpaired) electrons. The Morgan fingerprint density at radius 3 is 2.24 bits per heavy atom. The first-order chi connectivity index (χ1) is 16.0. The number of esters is 2. The SMILES string of the molecule is COc1ccnc(C(=O)C[C@@H](C)C(=O)O[C@H](C(C)C)[C@H](C)Oc2ccc(F)cc2)c1OC(C)=O. The van der Waals surface area contributed by atoms with Crippen molar-refractivity contribution >= 4 is 17.7 Å². The standard InChI is InChI=1S/C25H30FNO7/c1-14(2)23(16(4)32-19-9-7-18(26)8-10-19)34-25(30)15(3)13-20(29)22-24(33-17(5)28)21(31-6)11-12-27-22/h7-12,14-16,23H,13H2,1-6H3/t15-,16+,23-/m1/s1. The lowest BCUT2D eigenvalue weighted by Gasteiger charge is -2.29. The zero-order valence-electron chi connectivity index (χ0n) is 20.2. The molecule has 1 aromatic heterocycles. The fourth-order valence-corrected chi connectivity index (χ4v) is 3.31. The van der Waals surface area contributed by atoms with E-state index >= 15 is 0 Å². The molecule has 0 saturated heterocycles. The number of carbonyl (C=O) groups excluding carboxylic acids is 3. The summed E-state index contributed by atoms with van der Waals surface area (Å²) in [7, 11) is 1.37. The van der Waals surface area contributed by atoms with Gasteiger partial charge in [-0.05, 0) is 37.1 Å². The van der Waals surface area contributed by atoms with Crippen LogP contribution in [0.2, 0.25) is 0 Å². The average molecular weight is 476 g/mol. The predicted octanol–water partition coefficient (Wildman–Crippen LogP) is 4.40. The summed E-state index contributed by atoms with van der Waals surface area (Å²) in [6, 6.07) is 7.01. The first kappa shape index (κ1) is 26.8. The number of methoxy groups -OCH3 is 1. The number of hydrogen-bond donors (Lipinski definition) is 0. The topological polar surface area (TPSA) is 101 Å². The van der Waals surface area contributed by atoms with Gasteiger partial charge in [-0.15, -0.1) is 0 Å². The van der Waals surface area contributed by atoms with E-state index in [0.717, 1.165) is 0 Å². The molecule has 1 aromatic carbocycles. The third-order valence-electron chi connectivity index (χ3n) is 5.00. The van der Waals surface area contributed by atoms with Crippen LogP contribution in [0, 0.1) is 17.7 Å². The highest BCUT2D eigenvalue weighted by Crippen LogP contribution is 2.31. The van der Waals surface area contributed by atoms with Crippen molar-refractivity contribution in [1.82, 2.24) is 4.98 Å². The summed E-state index contributed by atoms with van der Waals surface area (Å²) in [6.07, 6.45) is 0.00550. The lowest BCUT2D eigenvalue weighted by molar-refractivity contribution is -0.161. The molecule has 8 nitrogen and oxygen atoms in total. The van der Waals surface area contributed by atoms with E-state index in [1.54, 1.807) is 13.8 Å². The van der Waals surface area contributed by atoms with Crippen molar-refractivity contribution in [3.8, 4) is 17.2 Å². The van der Waals surface area contributed by atoms with Gasteiger partial charge < -0.3 is 18.9 Å². The van der Waals surface area contributed by atoms with Crippen LogP contribution in [-0.2, 0) is 14.3 Å². The van der Waals surface area contributed by atoms with E-state index in [9.17, 15) is 18.8 Å². The zero-order valence-corrected chi connectivity index (χ0v) is 20.2. The van der Waals surface area contributed by atoms with Gasteiger partial charge in [-0.1, -0.05) is 20.8 Å². The Bertz CT molecular complexity index is 1010. The lowest BCUT2D eigenvalue weighted by atomic mass is 10.00. The van der Waals surface area contributed by atoms with Gasteiger partial charge in [-0.25, -0.2) is 9.37 Å². The molecule has 0 saturated carbocycles. The summed E-state index contributed by atoms with van der Waals surface area (Å²) in [4.78, 5) is 41.2. The van der Waals surface area contributed by atoms with Crippen LogP contribution in [0.1, 0.15) is 51.5 Å². The van der Waals surface area contributed by atoms with E-state index < -0.39 is 35.8 Å².